The number of piperidine rings is 1. The predicted molar refractivity (Wildman–Crippen MR) is 219 cm³/mol. The highest BCUT2D eigenvalue weighted by molar-refractivity contribution is 5.87. The lowest BCUT2D eigenvalue weighted by Crippen LogP contribution is -2.54. The standard InChI is InChI=1S/C44H56N8O6/c1-25(2)36(49(5)43(55)57-7)41(53)51-21-9-10-35(51)39-45-23-33(47-39)29-15-11-27(12-16-29)28-13-17-30(18-14-28)34-24-46-40(48-34)38-31-19-20-32(22-31)52(38)42(54)37(26(3)4)50(6)44(56)58-8/h11-18,23-26,31-32,35-38H,9-10,19-22H2,1-8H3,(H,45,47)(H,46,48)/t31-,32-,35-,36+,37-,38+/m0/s1. The molecule has 6 atom stereocenters. The summed E-state index contributed by atoms with van der Waals surface area (Å²) in [6, 6.07) is 15.1. The second kappa shape index (κ2) is 16.7. The van der Waals surface area contributed by atoms with Crippen LogP contribution in [-0.2, 0) is 19.1 Å². The van der Waals surface area contributed by atoms with Crippen LogP contribution in [-0.4, -0.2) is 117 Å². The van der Waals surface area contributed by atoms with Crippen LogP contribution < -0.4 is 0 Å². The molecule has 0 spiro atoms. The van der Waals surface area contributed by atoms with Gasteiger partial charge in [0.25, 0.3) is 0 Å². The number of hydrogen-bond acceptors (Lipinski definition) is 8. The normalized spacial score (nSPS) is 21.1. The topological polar surface area (TPSA) is 157 Å². The third-order valence-corrected chi connectivity index (χ3v) is 12.4. The lowest BCUT2D eigenvalue weighted by atomic mass is 9.95. The fourth-order valence-electron chi connectivity index (χ4n) is 9.58. The molecule has 7 rings (SSSR count). The third kappa shape index (κ3) is 7.56. The molecule has 4 aromatic rings. The van der Waals surface area contributed by atoms with Crippen molar-refractivity contribution >= 4 is 24.0 Å². The summed E-state index contributed by atoms with van der Waals surface area (Å²) >= 11 is 0. The number of methoxy groups -OCH3 is 2. The van der Waals surface area contributed by atoms with E-state index < -0.39 is 24.3 Å². The van der Waals surface area contributed by atoms with Crippen LogP contribution in [0, 0.1) is 17.8 Å². The van der Waals surface area contributed by atoms with E-state index >= 15 is 0 Å². The van der Waals surface area contributed by atoms with Gasteiger partial charge in [0.15, 0.2) is 0 Å². The number of aromatic nitrogens is 4. The molecule has 3 aliphatic rings. The first-order valence-electron chi connectivity index (χ1n) is 20.4. The van der Waals surface area contributed by atoms with Crippen LogP contribution >= 0.6 is 0 Å². The monoisotopic (exact) mass is 792 g/mol. The lowest BCUT2D eigenvalue weighted by Gasteiger charge is -2.39. The van der Waals surface area contributed by atoms with Crippen molar-refractivity contribution in [3.05, 3.63) is 72.6 Å². The predicted octanol–water partition coefficient (Wildman–Crippen LogP) is 7.29. The van der Waals surface area contributed by atoms with Crippen LogP contribution in [0.15, 0.2) is 60.9 Å². The van der Waals surface area contributed by atoms with Gasteiger partial charge in [0.2, 0.25) is 11.8 Å². The maximum absolute atomic E-state index is 14.1. The fraction of sp³-hybridized carbons (Fsp3) is 0.500. The molecule has 2 bridgehead atoms. The van der Waals surface area contributed by atoms with Crippen LogP contribution in [0.1, 0.15) is 83.5 Å². The number of fused-ring (bicyclic) bond motifs is 2. The first-order chi connectivity index (χ1) is 27.8. The smallest absolute Gasteiger partial charge is 0.409 e. The molecule has 2 aliphatic heterocycles. The summed E-state index contributed by atoms with van der Waals surface area (Å²) in [5.74, 6) is 1.48. The molecule has 2 N–H and O–H groups in total. The van der Waals surface area contributed by atoms with E-state index in [0.717, 1.165) is 77.4 Å². The Morgan fingerprint density at radius 1 is 0.690 bits per heavy atom. The summed E-state index contributed by atoms with van der Waals surface area (Å²) in [7, 11) is 5.89. The Morgan fingerprint density at radius 2 is 1.17 bits per heavy atom. The van der Waals surface area contributed by atoms with Gasteiger partial charge in [-0.25, -0.2) is 19.6 Å². The average molecular weight is 793 g/mol. The lowest BCUT2D eigenvalue weighted by molar-refractivity contribution is -0.142. The first kappa shape index (κ1) is 40.5. The largest absolute Gasteiger partial charge is 0.453 e. The number of rotatable bonds is 11. The van der Waals surface area contributed by atoms with Gasteiger partial charge >= 0.3 is 12.2 Å². The summed E-state index contributed by atoms with van der Waals surface area (Å²) in [5.41, 5.74) is 5.85. The minimum absolute atomic E-state index is 0.0598. The highest BCUT2D eigenvalue weighted by atomic mass is 16.5. The Kier molecular flexibility index (Phi) is 11.7. The molecule has 308 valence electrons. The zero-order valence-corrected chi connectivity index (χ0v) is 34.8. The Hall–Kier alpha value is -5.66. The number of benzene rings is 2. The van der Waals surface area contributed by atoms with E-state index in [1.807, 2.05) is 49.9 Å². The van der Waals surface area contributed by atoms with Gasteiger partial charge in [-0.3, -0.25) is 19.4 Å². The summed E-state index contributed by atoms with van der Waals surface area (Å²) in [4.78, 5) is 75.9. The van der Waals surface area contributed by atoms with Crippen molar-refractivity contribution in [2.24, 2.45) is 17.8 Å². The van der Waals surface area contributed by atoms with Crippen molar-refractivity contribution in [2.75, 3.05) is 34.9 Å². The zero-order valence-electron chi connectivity index (χ0n) is 34.8. The molecule has 0 radical (unpaired) electrons. The fourth-order valence-corrected chi connectivity index (χ4v) is 9.58. The van der Waals surface area contributed by atoms with Crippen LogP contribution in [0.2, 0.25) is 0 Å². The Balaban J connectivity index is 1.03. The molecule has 1 saturated carbocycles. The number of ether oxygens (including phenoxy) is 2. The second-order valence-corrected chi connectivity index (χ2v) is 16.7. The average Bonchev–Trinajstić information content (AvgIpc) is 4.08. The minimum Gasteiger partial charge on any atom is -0.453 e. The highest BCUT2D eigenvalue weighted by Crippen LogP contribution is 2.50. The van der Waals surface area contributed by atoms with Crippen LogP contribution in [0.25, 0.3) is 33.6 Å². The van der Waals surface area contributed by atoms with Crippen molar-refractivity contribution in [3.63, 3.8) is 0 Å². The minimum atomic E-state index is -0.636. The number of carbonyl (C=O) groups excluding carboxylic acids is 4. The van der Waals surface area contributed by atoms with E-state index in [0.29, 0.717) is 12.5 Å². The number of aromatic amines is 2. The number of nitrogens with one attached hydrogen (secondary N) is 2. The van der Waals surface area contributed by atoms with Crippen molar-refractivity contribution in [2.45, 2.75) is 90.0 Å². The number of likely N-dealkylation sites (N-methyl/N-ethyl adjacent to an activating group) is 2. The van der Waals surface area contributed by atoms with Gasteiger partial charge in [-0.15, -0.1) is 0 Å². The molecule has 1 aliphatic carbocycles. The van der Waals surface area contributed by atoms with E-state index in [-0.39, 0.29) is 41.8 Å². The van der Waals surface area contributed by atoms with E-state index in [9.17, 15) is 19.2 Å². The molecule has 0 unspecified atom stereocenters. The van der Waals surface area contributed by atoms with Crippen molar-refractivity contribution in [3.8, 4) is 33.6 Å². The maximum atomic E-state index is 14.1. The molecule has 14 heteroatoms. The number of H-pyrrole nitrogens is 2. The molecular weight excluding hydrogens is 737 g/mol. The summed E-state index contributed by atoms with van der Waals surface area (Å²) < 4.78 is 9.87. The number of carbonyl (C=O) groups is 4. The van der Waals surface area contributed by atoms with Gasteiger partial charge in [0.1, 0.15) is 23.7 Å². The molecule has 58 heavy (non-hydrogen) atoms. The number of nitrogens with zero attached hydrogens (tertiary/aromatic N) is 6. The van der Waals surface area contributed by atoms with Gasteiger partial charge in [-0.05, 0) is 72.1 Å². The molecule has 2 aromatic carbocycles. The Morgan fingerprint density at radius 3 is 1.69 bits per heavy atom. The second-order valence-electron chi connectivity index (χ2n) is 16.7. The quantitative estimate of drug-likeness (QED) is 0.160. The Labute approximate surface area is 340 Å². The van der Waals surface area contributed by atoms with E-state index in [4.69, 9.17) is 19.4 Å². The van der Waals surface area contributed by atoms with Crippen molar-refractivity contribution in [1.82, 2.24) is 39.5 Å². The summed E-state index contributed by atoms with van der Waals surface area (Å²) in [6.07, 6.45) is 7.17. The first-order valence-corrected chi connectivity index (χ1v) is 20.4. The van der Waals surface area contributed by atoms with E-state index in [1.165, 1.54) is 24.0 Å². The molecule has 2 saturated heterocycles. The van der Waals surface area contributed by atoms with Gasteiger partial charge < -0.3 is 29.2 Å². The number of hydrogen-bond donors (Lipinski definition) is 2. The number of amides is 4. The van der Waals surface area contributed by atoms with Crippen molar-refractivity contribution < 1.29 is 28.7 Å². The summed E-state index contributed by atoms with van der Waals surface area (Å²) in [5, 5.41) is 0. The Bertz CT molecular complexity index is 2110. The number of likely N-dealkylation sites (tertiary alicyclic amines) is 2. The summed E-state index contributed by atoms with van der Waals surface area (Å²) in [6.45, 7) is 8.38. The van der Waals surface area contributed by atoms with Crippen LogP contribution in [0.4, 0.5) is 9.59 Å². The molecule has 4 heterocycles. The SMILES string of the molecule is COC(=O)N(C)[C@H](C(=O)N1[C@H]2CC[C@@H](C2)[C@@H]1c1ncc(-c2ccc(-c3ccc(-c4cnc([C@@H]5CCCN5C(=O)[C@@H](C(C)C)N(C)C(=O)OC)[nH]4)cc3)cc2)[nH]1)C(C)C. The van der Waals surface area contributed by atoms with Gasteiger partial charge in [0, 0.05) is 26.7 Å². The van der Waals surface area contributed by atoms with E-state index in [1.54, 1.807) is 14.1 Å². The maximum Gasteiger partial charge on any atom is 0.409 e. The molecule has 4 amide bonds. The van der Waals surface area contributed by atoms with Crippen LogP contribution in [0.5, 0.6) is 0 Å². The van der Waals surface area contributed by atoms with Gasteiger partial charge in [-0.2, -0.15) is 0 Å². The van der Waals surface area contributed by atoms with Crippen LogP contribution in [0.3, 0.4) is 0 Å². The molecule has 3 fully saturated rings. The molecular formula is C44H56N8O6. The number of imidazole rings is 2. The van der Waals surface area contributed by atoms with Gasteiger partial charge in [-0.1, -0.05) is 76.2 Å². The zero-order chi connectivity index (χ0) is 41.4. The highest BCUT2D eigenvalue weighted by Gasteiger charge is 2.52. The molecule has 2 aromatic heterocycles. The molecule has 14 nitrogen and oxygen atoms in total. The van der Waals surface area contributed by atoms with Crippen molar-refractivity contribution in [1.29, 1.82) is 0 Å². The van der Waals surface area contributed by atoms with Gasteiger partial charge in [0.05, 0.1) is 50.1 Å². The van der Waals surface area contributed by atoms with E-state index in [2.05, 4.69) is 58.5 Å². The third-order valence-electron chi connectivity index (χ3n) is 12.4.